The first kappa shape index (κ1) is 17.6. The zero-order chi connectivity index (χ0) is 15.8. The molecule has 0 radical (unpaired) electrons. The molecule has 1 aromatic rings. The Bertz CT molecular complexity index is 473. The highest BCUT2D eigenvalue weighted by Gasteiger charge is 2.10. The summed E-state index contributed by atoms with van der Waals surface area (Å²) < 4.78 is 0. The van der Waals surface area contributed by atoms with Crippen LogP contribution >= 0.6 is 11.3 Å². The van der Waals surface area contributed by atoms with Gasteiger partial charge in [0, 0.05) is 11.1 Å². The van der Waals surface area contributed by atoms with Gasteiger partial charge in [-0.25, -0.2) is 4.98 Å². The minimum Gasteiger partial charge on any atom is -0.298 e. The van der Waals surface area contributed by atoms with Crippen LogP contribution in [0, 0.1) is 12.8 Å². The third-order valence-corrected chi connectivity index (χ3v) is 3.79. The van der Waals surface area contributed by atoms with Gasteiger partial charge in [-0.2, -0.15) is 0 Å². The summed E-state index contributed by atoms with van der Waals surface area (Å²) in [5.41, 5.74) is 5.74. The molecule has 118 valence electrons. The first-order valence-electron chi connectivity index (χ1n) is 7.04. The summed E-state index contributed by atoms with van der Waals surface area (Å²) in [4.78, 5) is 29.5. The zero-order valence-electron chi connectivity index (χ0n) is 13.1. The van der Waals surface area contributed by atoms with Crippen LogP contribution in [0.25, 0.3) is 0 Å². The maximum Gasteiger partial charge on any atom is 0.252 e. The minimum absolute atomic E-state index is 0.183. The number of thiazole rings is 1. The fraction of sp³-hybridized carbons (Fsp3) is 0.643. The van der Waals surface area contributed by atoms with E-state index in [1.165, 1.54) is 11.3 Å². The van der Waals surface area contributed by atoms with Crippen LogP contribution < -0.4 is 10.9 Å². The molecule has 1 heterocycles. The van der Waals surface area contributed by atoms with E-state index in [4.69, 9.17) is 0 Å². The van der Waals surface area contributed by atoms with Gasteiger partial charge in [0.25, 0.3) is 5.91 Å². The highest BCUT2D eigenvalue weighted by atomic mass is 32.1. The third-order valence-electron chi connectivity index (χ3n) is 2.82. The molecule has 0 aliphatic carbocycles. The number of carbonyl (C=O) groups is 2. The van der Waals surface area contributed by atoms with Crippen molar-refractivity contribution >= 4 is 23.2 Å². The average Bonchev–Trinajstić information content (AvgIpc) is 2.79. The van der Waals surface area contributed by atoms with Gasteiger partial charge in [-0.05, 0) is 32.9 Å². The summed E-state index contributed by atoms with van der Waals surface area (Å²) in [6.07, 6.45) is 1.22. The summed E-state index contributed by atoms with van der Waals surface area (Å²) >= 11 is 1.44. The lowest BCUT2D eigenvalue weighted by molar-refractivity contribution is -0.129. The van der Waals surface area contributed by atoms with Crippen molar-refractivity contribution in [3.05, 3.63) is 16.1 Å². The van der Waals surface area contributed by atoms with E-state index in [0.717, 1.165) is 23.7 Å². The van der Waals surface area contributed by atoms with E-state index in [1.807, 2.05) is 24.3 Å². The van der Waals surface area contributed by atoms with Crippen LogP contribution in [0.5, 0.6) is 0 Å². The van der Waals surface area contributed by atoms with Crippen molar-refractivity contribution in [1.82, 2.24) is 20.7 Å². The smallest absolute Gasteiger partial charge is 0.252 e. The Morgan fingerprint density at radius 3 is 2.57 bits per heavy atom. The van der Waals surface area contributed by atoms with Crippen molar-refractivity contribution in [2.24, 2.45) is 5.92 Å². The number of carbonyl (C=O) groups excluding carboxylic acids is 2. The molecule has 0 aliphatic rings. The SMILES string of the molecule is Cc1csc(CC(=O)NNC(=O)CN(C)CCC(C)C)n1. The number of hydrazine groups is 1. The minimum atomic E-state index is -0.262. The number of aromatic nitrogens is 1. The van der Waals surface area contributed by atoms with E-state index >= 15 is 0 Å². The molecule has 7 heteroatoms. The third kappa shape index (κ3) is 7.77. The molecule has 1 rings (SSSR count). The number of hydrogen-bond acceptors (Lipinski definition) is 5. The van der Waals surface area contributed by atoms with Crippen LogP contribution in [-0.2, 0) is 16.0 Å². The first-order chi connectivity index (χ1) is 9.86. The second-order valence-corrected chi connectivity index (χ2v) is 6.52. The van der Waals surface area contributed by atoms with Gasteiger partial charge in [0.2, 0.25) is 5.91 Å². The van der Waals surface area contributed by atoms with Crippen LogP contribution in [0.2, 0.25) is 0 Å². The van der Waals surface area contributed by atoms with Crippen molar-refractivity contribution in [2.45, 2.75) is 33.6 Å². The van der Waals surface area contributed by atoms with Crippen LogP contribution in [-0.4, -0.2) is 41.8 Å². The van der Waals surface area contributed by atoms with Gasteiger partial charge in [0.05, 0.1) is 13.0 Å². The Hall–Kier alpha value is -1.47. The van der Waals surface area contributed by atoms with Crippen LogP contribution in [0.1, 0.15) is 31.0 Å². The van der Waals surface area contributed by atoms with Crippen LogP contribution in [0.4, 0.5) is 0 Å². The summed E-state index contributed by atoms with van der Waals surface area (Å²) in [6.45, 7) is 7.30. The summed E-state index contributed by atoms with van der Waals surface area (Å²) in [6, 6.07) is 0. The molecule has 0 atom stereocenters. The molecule has 0 saturated heterocycles. The van der Waals surface area contributed by atoms with Crippen LogP contribution in [0.3, 0.4) is 0 Å². The number of hydrogen-bond donors (Lipinski definition) is 2. The van der Waals surface area contributed by atoms with E-state index in [1.54, 1.807) is 0 Å². The molecule has 0 unspecified atom stereocenters. The molecular formula is C14H24N4O2S. The largest absolute Gasteiger partial charge is 0.298 e. The molecule has 0 saturated carbocycles. The normalized spacial score (nSPS) is 11.0. The number of rotatable bonds is 7. The molecule has 0 fully saturated rings. The van der Waals surface area contributed by atoms with Crippen molar-refractivity contribution in [2.75, 3.05) is 20.1 Å². The Balaban J connectivity index is 2.21. The lowest BCUT2D eigenvalue weighted by Gasteiger charge is -2.17. The van der Waals surface area contributed by atoms with E-state index in [2.05, 4.69) is 29.7 Å². The van der Waals surface area contributed by atoms with Crippen LogP contribution in [0.15, 0.2) is 5.38 Å². The van der Waals surface area contributed by atoms with Gasteiger partial charge in [0.15, 0.2) is 0 Å². The van der Waals surface area contributed by atoms with Crippen molar-refractivity contribution in [1.29, 1.82) is 0 Å². The summed E-state index contributed by atoms with van der Waals surface area (Å²) in [5, 5.41) is 2.64. The van der Waals surface area contributed by atoms with Gasteiger partial charge in [-0.15, -0.1) is 11.3 Å². The molecular weight excluding hydrogens is 288 g/mol. The average molecular weight is 312 g/mol. The molecule has 21 heavy (non-hydrogen) atoms. The quantitative estimate of drug-likeness (QED) is 0.740. The highest BCUT2D eigenvalue weighted by Crippen LogP contribution is 2.08. The van der Waals surface area contributed by atoms with Gasteiger partial charge in [-0.3, -0.25) is 25.3 Å². The molecule has 0 aromatic carbocycles. The fourth-order valence-electron chi connectivity index (χ4n) is 1.65. The second kappa shape index (κ2) is 8.74. The van der Waals surface area contributed by atoms with Gasteiger partial charge >= 0.3 is 0 Å². The van der Waals surface area contributed by atoms with Crippen molar-refractivity contribution in [3.63, 3.8) is 0 Å². The molecule has 0 aliphatic heterocycles. The lowest BCUT2D eigenvalue weighted by atomic mass is 10.1. The lowest BCUT2D eigenvalue weighted by Crippen LogP contribution is -2.46. The summed E-state index contributed by atoms with van der Waals surface area (Å²) in [5.74, 6) is 0.129. The molecule has 2 amide bonds. The maximum atomic E-state index is 11.7. The Morgan fingerprint density at radius 2 is 2.00 bits per heavy atom. The Labute approximate surface area is 129 Å². The predicted molar refractivity (Wildman–Crippen MR) is 83.8 cm³/mol. The predicted octanol–water partition coefficient (Wildman–Crippen LogP) is 1.12. The molecule has 0 bridgehead atoms. The van der Waals surface area contributed by atoms with E-state index < -0.39 is 0 Å². The fourth-order valence-corrected chi connectivity index (χ4v) is 2.42. The van der Waals surface area contributed by atoms with E-state index in [-0.39, 0.29) is 24.8 Å². The van der Waals surface area contributed by atoms with Gasteiger partial charge in [-0.1, -0.05) is 13.8 Å². The second-order valence-electron chi connectivity index (χ2n) is 5.58. The van der Waals surface area contributed by atoms with Crippen molar-refractivity contribution in [3.8, 4) is 0 Å². The maximum absolute atomic E-state index is 11.7. The van der Waals surface area contributed by atoms with E-state index in [0.29, 0.717) is 5.92 Å². The summed E-state index contributed by atoms with van der Waals surface area (Å²) in [7, 11) is 1.89. The molecule has 6 nitrogen and oxygen atoms in total. The highest BCUT2D eigenvalue weighted by molar-refractivity contribution is 7.09. The Morgan fingerprint density at radius 1 is 1.33 bits per heavy atom. The van der Waals surface area contributed by atoms with Crippen molar-refractivity contribution < 1.29 is 9.59 Å². The standard InChI is InChI=1S/C14H24N4O2S/c1-10(2)5-6-18(4)8-13(20)17-16-12(19)7-14-15-11(3)9-21-14/h9-10H,5-8H2,1-4H3,(H,16,19)(H,17,20). The topological polar surface area (TPSA) is 74.3 Å². The van der Waals surface area contributed by atoms with Gasteiger partial charge < -0.3 is 0 Å². The Kier molecular flexibility index (Phi) is 7.31. The number of aryl methyl sites for hydroxylation is 1. The number of nitrogens with one attached hydrogen (secondary N) is 2. The first-order valence-corrected chi connectivity index (χ1v) is 7.92. The van der Waals surface area contributed by atoms with E-state index in [9.17, 15) is 9.59 Å². The molecule has 2 N–H and O–H groups in total. The molecule has 1 aromatic heterocycles. The number of amides is 2. The van der Waals surface area contributed by atoms with Gasteiger partial charge in [0.1, 0.15) is 5.01 Å². The number of nitrogens with zero attached hydrogens (tertiary/aromatic N) is 2. The zero-order valence-corrected chi connectivity index (χ0v) is 13.9. The molecule has 0 spiro atoms. The number of likely N-dealkylation sites (N-methyl/N-ethyl adjacent to an activating group) is 1. The monoisotopic (exact) mass is 312 g/mol.